The van der Waals surface area contributed by atoms with Crippen LogP contribution in [-0.4, -0.2) is 0 Å². The number of fused-ring (bicyclic) bond motifs is 1. The van der Waals surface area contributed by atoms with Crippen LogP contribution in [0.5, 0.6) is 0 Å². The third kappa shape index (κ3) is 2.70. The molecule has 22 heavy (non-hydrogen) atoms. The van der Waals surface area contributed by atoms with Crippen molar-refractivity contribution in [3.05, 3.63) is 59.2 Å². The molecule has 1 nitrogen and oxygen atoms in total. The monoisotopic (exact) mass is 292 g/mol. The summed E-state index contributed by atoms with van der Waals surface area (Å²) in [5, 5.41) is 0. The van der Waals surface area contributed by atoms with Gasteiger partial charge in [-0.1, -0.05) is 74.6 Å². The van der Waals surface area contributed by atoms with Crippen molar-refractivity contribution in [2.75, 3.05) is 0 Å². The minimum Gasteiger partial charge on any atom is -0.372 e. The summed E-state index contributed by atoms with van der Waals surface area (Å²) in [6.07, 6.45) is 8.31. The van der Waals surface area contributed by atoms with Gasteiger partial charge in [-0.05, 0) is 40.2 Å². The van der Waals surface area contributed by atoms with Crippen molar-refractivity contribution >= 4 is 0 Å². The zero-order chi connectivity index (χ0) is 14.8. The van der Waals surface area contributed by atoms with Crippen LogP contribution in [-0.2, 0) is 24.4 Å². The Morgan fingerprint density at radius 3 is 2.50 bits per heavy atom. The van der Waals surface area contributed by atoms with Gasteiger partial charge in [0.1, 0.15) is 0 Å². The third-order valence-corrected chi connectivity index (χ3v) is 5.30. The fourth-order valence-corrected chi connectivity index (χ4v) is 4.14. The molecule has 2 aromatic rings. The van der Waals surface area contributed by atoms with E-state index in [0.29, 0.717) is 0 Å². The summed E-state index contributed by atoms with van der Waals surface area (Å²) >= 11 is 0. The summed E-state index contributed by atoms with van der Waals surface area (Å²) in [6.45, 7) is 1.55. The van der Waals surface area contributed by atoms with Gasteiger partial charge in [0.2, 0.25) is 0 Å². The first-order chi connectivity index (χ1) is 10.9. The van der Waals surface area contributed by atoms with Crippen LogP contribution in [0.25, 0.3) is 11.1 Å². The Labute approximate surface area is 133 Å². The maximum absolute atomic E-state index is 5.72. The summed E-state index contributed by atoms with van der Waals surface area (Å²) < 4.78 is 5.72. The Morgan fingerprint density at radius 1 is 0.864 bits per heavy atom. The van der Waals surface area contributed by atoms with Gasteiger partial charge in [0.15, 0.2) is 0 Å². The molecule has 0 spiro atoms. The highest BCUT2D eigenvalue weighted by Gasteiger charge is 2.22. The van der Waals surface area contributed by atoms with Crippen LogP contribution < -0.4 is 0 Å². The Balaban J connectivity index is 1.74. The van der Waals surface area contributed by atoms with Crippen molar-refractivity contribution in [1.29, 1.82) is 0 Å². The second kappa shape index (κ2) is 6.26. The van der Waals surface area contributed by atoms with Gasteiger partial charge in [-0.2, -0.15) is 0 Å². The molecule has 0 bridgehead atoms. The molecule has 0 N–H and O–H groups in total. The molecular weight excluding hydrogens is 268 g/mol. The number of hydrogen-bond acceptors (Lipinski definition) is 1. The van der Waals surface area contributed by atoms with Crippen LogP contribution >= 0.6 is 0 Å². The van der Waals surface area contributed by atoms with Gasteiger partial charge < -0.3 is 4.74 Å². The van der Waals surface area contributed by atoms with Crippen molar-refractivity contribution in [3.8, 4) is 11.1 Å². The Morgan fingerprint density at radius 2 is 1.68 bits per heavy atom. The lowest BCUT2D eigenvalue weighted by atomic mass is 9.81. The van der Waals surface area contributed by atoms with Gasteiger partial charge in [0.05, 0.1) is 13.2 Å². The summed E-state index contributed by atoms with van der Waals surface area (Å²) in [4.78, 5) is 0. The standard InChI is InChI=1S/C21H24O/c1-3-7-16(8-4-1)13-18-11-12-19-14-22-15-20(19)21(18)17-9-5-2-6-10-17/h2,5-6,9-12,16H,1,3-4,7-8,13-15H2. The lowest BCUT2D eigenvalue weighted by Crippen LogP contribution is -2.10. The lowest BCUT2D eigenvalue weighted by molar-refractivity contribution is 0.134. The molecule has 0 unspecified atom stereocenters. The van der Waals surface area contributed by atoms with Crippen LogP contribution in [0.15, 0.2) is 42.5 Å². The van der Waals surface area contributed by atoms with E-state index in [9.17, 15) is 0 Å². The van der Waals surface area contributed by atoms with Gasteiger partial charge in [-0.25, -0.2) is 0 Å². The molecule has 1 fully saturated rings. The average Bonchev–Trinajstić information content (AvgIpc) is 3.05. The summed E-state index contributed by atoms with van der Waals surface area (Å²) in [5.41, 5.74) is 7.16. The molecule has 0 atom stereocenters. The lowest BCUT2D eigenvalue weighted by Gasteiger charge is -2.23. The Kier molecular flexibility index (Phi) is 3.99. The number of rotatable bonds is 3. The Hall–Kier alpha value is -1.60. The van der Waals surface area contributed by atoms with E-state index in [1.54, 1.807) is 0 Å². The molecule has 0 aromatic heterocycles. The fourth-order valence-electron chi connectivity index (χ4n) is 4.14. The highest BCUT2D eigenvalue weighted by molar-refractivity contribution is 5.73. The largest absolute Gasteiger partial charge is 0.372 e. The van der Waals surface area contributed by atoms with E-state index >= 15 is 0 Å². The molecule has 0 amide bonds. The highest BCUT2D eigenvalue weighted by Crippen LogP contribution is 2.37. The maximum atomic E-state index is 5.72. The van der Waals surface area contributed by atoms with Gasteiger partial charge in [-0.3, -0.25) is 0 Å². The molecular formula is C21H24O. The second-order valence-electron chi connectivity index (χ2n) is 6.80. The number of hydrogen-bond donors (Lipinski definition) is 0. The molecule has 4 rings (SSSR count). The molecule has 2 aromatic carbocycles. The minimum atomic E-state index is 0.776. The van der Waals surface area contributed by atoms with Crippen molar-refractivity contribution in [1.82, 2.24) is 0 Å². The van der Waals surface area contributed by atoms with Crippen LogP contribution in [0.4, 0.5) is 0 Å². The van der Waals surface area contributed by atoms with E-state index in [0.717, 1.165) is 19.1 Å². The third-order valence-electron chi connectivity index (χ3n) is 5.30. The molecule has 0 saturated heterocycles. The average molecular weight is 292 g/mol. The van der Waals surface area contributed by atoms with E-state index in [2.05, 4.69) is 42.5 Å². The zero-order valence-corrected chi connectivity index (χ0v) is 13.2. The highest BCUT2D eigenvalue weighted by atomic mass is 16.5. The topological polar surface area (TPSA) is 9.23 Å². The minimum absolute atomic E-state index is 0.776. The van der Waals surface area contributed by atoms with E-state index < -0.39 is 0 Å². The Bertz CT molecular complexity index is 638. The molecule has 1 heterocycles. The van der Waals surface area contributed by atoms with Gasteiger partial charge in [0, 0.05) is 0 Å². The van der Waals surface area contributed by atoms with Gasteiger partial charge >= 0.3 is 0 Å². The molecule has 2 aliphatic rings. The van der Waals surface area contributed by atoms with Crippen molar-refractivity contribution in [2.24, 2.45) is 5.92 Å². The first-order valence-electron chi connectivity index (χ1n) is 8.68. The molecule has 0 radical (unpaired) electrons. The molecule has 1 aliphatic carbocycles. The SMILES string of the molecule is c1ccc(-c2c(CC3CCCCC3)ccc3c2COC3)cc1. The van der Waals surface area contributed by atoms with E-state index in [4.69, 9.17) is 4.74 Å². The predicted octanol–water partition coefficient (Wildman–Crippen LogP) is 5.51. The van der Waals surface area contributed by atoms with Crippen LogP contribution in [0.3, 0.4) is 0 Å². The quantitative estimate of drug-likeness (QED) is 0.725. The van der Waals surface area contributed by atoms with Crippen molar-refractivity contribution in [2.45, 2.75) is 51.7 Å². The smallest absolute Gasteiger partial charge is 0.0731 e. The molecule has 1 aliphatic heterocycles. The van der Waals surface area contributed by atoms with Crippen molar-refractivity contribution in [3.63, 3.8) is 0 Å². The van der Waals surface area contributed by atoms with E-state index in [1.807, 2.05) is 0 Å². The summed E-state index contributed by atoms with van der Waals surface area (Å²) in [7, 11) is 0. The van der Waals surface area contributed by atoms with Gasteiger partial charge in [0.25, 0.3) is 0 Å². The fraction of sp³-hybridized carbons (Fsp3) is 0.429. The molecule has 114 valence electrons. The van der Waals surface area contributed by atoms with Crippen LogP contribution in [0.2, 0.25) is 0 Å². The van der Waals surface area contributed by atoms with Crippen LogP contribution in [0, 0.1) is 5.92 Å². The molecule has 1 saturated carbocycles. The first kappa shape index (κ1) is 14.0. The first-order valence-corrected chi connectivity index (χ1v) is 8.68. The predicted molar refractivity (Wildman–Crippen MR) is 90.7 cm³/mol. The summed E-state index contributed by atoms with van der Waals surface area (Å²) in [6, 6.07) is 15.6. The maximum Gasteiger partial charge on any atom is 0.0731 e. The second-order valence-corrected chi connectivity index (χ2v) is 6.80. The molecule has 1 heteroatoms. The van der Waals surface area contributed by atoms with Gasteiger partial charge in [-0.15, -0.1) is 0 Å². The van der Waals surface area contributed by atoms with Crippen LogP contribution in [0.1, 0.15) is 48.8 Å². The normalized spacial score (nSPS) is 18.4. The number of benzene rings is 2. The van der Waals surface area contributed by atoms with E-state index in [1.165, 1.54) is 66.3 Å². The van der Waals surface area contributed by atoms with E-state index in [-0.39, 0.29) is 0 Å². The number of ether oxygens (including phenoxy) is 1. The van der Waals surface area contributed by atoms with Crippen molar-refractivity contribution < 1.29 is 4.74 Å². The summed E-state index contributed by atoms with van der Waals surface area (Å²) in [5.74, 6) is 0.872. The zero-order valence-electron chi connectivity index (χ0n) is 13.2.